The molecule has 1 aromatic heterocycles. The Morgan fingerprint density at radius 2 is 1.89 bits per heavy atom. The fourth-order valence-corrected chi connectivity index (χ4v) is 4.65. The standard InChI is InChI=1S/C19H23ClN4OS.2ClH/c20-15-3-1-14(2-4-15)19-22-16(13-26-19)11-18(25)24-8-5-17(12-24)23-9-6-21-7-10-23;;/h1-4,13,17,21H,5-12H2;2*1H. The number of carbonyl (C=O) groups is 1. The highest BCUT2D eigenvalue weighted by molar-refractivity contribution is 7.13. The minimum atomic E-state index is 0. The molecule has 28 heavy (non-hydrogen) atoms. The van der Waals surface area contributed by atoms with Crippen molar-refractivity contribution in [3.05, 3.63) is 40.4 Å². The Morgan fingerprint density at radius 1 is 1.18 bits per heavy atom. The normalized spacial score (nSPS) is 19.8. The maximum Gasteiger partial charge on any atom is 0.228 e. The summed E-state index contributed by atoms with van der Waals surface area (Å²) in [7, 11) is 0. The largest absolute Gasteiger partial charge is 0.341 e. The molecule has 1 N–H and O–H groups in total. The summed E-state index contributed by atoms with van der Waals surface area (Å²) in [5.74, 6) is 0.190. The lowest BCUT2D eigenvalue weighted by Crippen LogP contribution is -2.49. The molecular formula is C19H25Cl3N4OS. The van der Waals surface area contributed by atoms with Crippen molar-refractivity contribution in [2.24, 2.45) is 0 Å². The van der Waals surface area contributed by atoms with Crippen LogP contribution in [0.4, 0.5) is 0 Å². The van der Waals surface area contributed by atoms with Crippen LogP contribution in [-0.4, -0.2) is 66.0 Å². The summed E-state index contributed by atoms with van der Waals surface area (Å²) in [6.07, 6.45) is 1.47. The predicted molar refractivity (Wildman–Crippen MR) is 120 cm³/mol. The number of halogens is 3. The van der Waals surface area contributed by atoms with E-state index in [1.807, 2.05) is 34.5 Å². The first kappa shape index (κ1) is 23.4. The van der Waals surface area contributed by atoms with E-state index in [1.165, 1.54) is 0 Å². The fraction of sp³-hybridized carbons (Fsp3) is 0.474. The van der Waals surface area contributed by atoms with Crippen LogP contribution in [0.2, 0.25) is 5.02 Å². The van der Waals surface area contributed by atoms with E-state index in [1.54, 1.807) is 11.3 Å². The maximum atomic E-state index is 12.7. The molecule has 154 valence electrons. The van der Waals surface area contributed by atoms with Crippen LogP contribution in [-0.2, 0) is 11.2 Å². The first-order valence-electron chi connectivity index (χ1n) is 9.12. The number of piperazine rings is 1. The minimum Gasteiger partial charge on any atom is -0.341 e. The first-order valence-corrected chi connectivity index (χ1v) is 10.4. The summed E-state index contributed by atoms with van der Waals surface area (Å²) in [5, 5.41) is 7.03. The molecule has 2 aliphatic heterocycles. The van der Waals surface area contributed by atoms with Crippen LogP contribution in [0, 0.1) is 0 Å². The van der Waals surface area contributed by atoms with Gasteiger partial charge in [-0.3, -0.25) is 9.69 Å². The second-order valence-corrected chi connectivity index (χ2v) is 8.19. The predicted octanol–water partition coefficient (Wildman–Crippen LogP) is 3.36. The number of nitrogens with one attached hydrogen (secondary N) is 1. The van der Waals surface area contributed by atoms with Gasteiger partial charge in [0.05, 0.1) is 12.1 Å². The van der Waals surface area contributed by atoms with Gasteiger partial charge in [0.25, 0.3) is 0 Å². The Balaban J connectivity index is 0.00000140. The number of amides is 1. The highest BCUT2D eigenvalue weighted by Crippen LogP contribution is 2.26. The number of nitrogens with zero attached hydrogens (tertiary/aromatic N) is 3. The minimum absolute atomic E-state index is 0. The molecule has 5 nitrogen and oxygen atoms in total. The van der Waals surface area contributed by atoms with E-state index < -0.39 is 0 Å². The molecule has 1 amide bonds. The monoisotopic (exact) mass is 462 g/mol. The van der Waals surface area contributed by atoms with E-state index in [2.05, 4.69) is 15.2 Å². The van der Waals surface area contributed by atoms with Gasteiger partial charge in [-0.05, 0) is 18.6 Å². The molecule has 2 aromatic rings. The van der Waals surface area contributed by atoms with Crippen molar-refractivity contribution in [1.82, 2.24) is 20.1 Å². The smallest absolute Gasteiger partial charge is 0.228 e. The molecule has 0 spiro atoms. The molecule has 1 aromatic carbocycles. The van der Waals surface area contributed by atoms with Gasteiger partial charge in [0.15, 0.2) is 0 Å². The van der Waals surface area contributed by atoms with Crippen molar-refractivity contribution in [2.45, 2.75) is 18.9 Å². The van der Waals surface area contributed by atoms with Gasteiger partial charge < -0.3 is 10.2 Å². The third-order valence-corrected chi connectivity index (χ3v) is 6.35. The number of benzene rings is 1. The lowest BCUT2D eigenvalue weighted by molar-refractivity contribution is -0.129. The number of carbonyl (C=O) groups excluding carboxylic acids is 1. The van der Waals surface area contributed by atoms with Crippen LogP contribution >= 0.6 is 47.8 Å². The summed E-state index contributed by atoms with van der Waals surface area (Å²) in [6, 6.07) is 8.17. The zero-order valence-electron chi connectivity index (χ0n) is 15.5. The van der Waals surface area contributed by atoms with Crippen LogP contribution in [0.1, 0.15) is 12.1 Å². The third-order valence-electron chi connectivity index (χ3n) is 5.16. The number of rotatable bonds is 4. The Hall–Kier alpha value is -0.890. The van der Waals surface area contributed by atoms with E-state index in [0.717, 1.165) is 62.0 Å². The maximum absolute atomic E-state index is 12.7. The molecule has 2 saturated heterocycles. The quantitative estimate of drug-likeness (QED) is 0.755. The molecule has 1 unspecified atom stereocenters. The summed E-state index contributed by atoms with van der Waals surface area (Å²) in [5.41, 5.74) is 1.90. The van der Waals surface area contributed by atoms with Gasteiger partial charge in [-0.1, -0.05) is 23.7 Å². The van der Waals surface area contributed by atoms with E-state index >= 15 is 0 Å². The summed E-state index contributed by atoms with van der Waals surface area (Å²) < 4.78 is 0. The molecule has 0 saturated carbocycles. The summed E-state index contributed by atoms with van der Waals surface area (Å²) in [4.78, 5) is 21.8. The number of likely N-dealkylation sites (tertiary alicyclic amines) is 1. The average molecular weight is 464 g/mol. The molecule has 0 bridgehead atoms. The Kier molecular flexibility index (Phi) is 8.99. The molecule has 0 aliphatic carbocycles. The van der Waals surface area contributed by atoms with Crippen LogP contribution < -0.4 is 5.32 Å². The van der Waals surface area contributed by atoms with Crippen LogP contribution in [0.15, 0.2) is 29.6 Å². The lowest BCUT2D eigenvalue weighted by Gasteiger charge is -2.32. The van der Waals surface area contributed by atoms with Crippen molar-refractivity contribution < 1.29 is 4.79 Å². The van der Waals surface area contributed by atoms with Crippen molar-refractivity contribution in [3.63, 3.8) is 0 Å². The number of aromatic nitrogens is 1. The zero-order valence-corrected chi connectivity index (χ0v) is 18.7. The molecular weight excluding hydrogens is 439 g/mol. The second kappa shape index (κ2) is 10.8. The highest BCUT2D eigenvalue weighted by atomic mass is 35.5. The second-order valence-electron chi connectivity index (χ2n) is 6.90. The molecule has 2 fully saturated rings. The Morgan fingerprint density at radius 3 is 2.61 bits per heavy atom. The molecule has 2 aliphatic rings. The van der Waals surface area contributed by atoms with Gasteiger partial charge in [-0.2, -0.15) is 0 Å². The third kappa shape index (κ3) is 5.59. The van der Waals surface area contributed by atoms with Crippen LogP contribution in [0.3, 0.4) is 0 Å². The zero-order chi connectivity index (χ0) is 17.9. The number of hydrogen-bond donors (Lipinski definition) is 1. The Labute approximate surface area is 187 Å². The van der Waals surface area contributed by atoms with E-state index in [-0.39, 0.29) is 30.7 Å². The van der Waals surface area contributed by atoms with Gasteiger partial charge >= 0.3 is 0 Å². The SMILES string of the molecule is Cl.Cl.O=C(Cc1csc(-c2ccc(Cl)cc2)n1)N1CCC(N2CCNCC2)C1. The number of hydrogen-bond acceptors (Lipinski definition) is 5. The van der Waals surface area contributed by atoms with Gasteiger partial charge in [-0.15, -0.1) is 36.2 Å². The highest BCUT2D eigenvalue weighted by Gasteiger charge is 2.31. The van der Waals surface area contributed by atoms with Crippen molar-refractivity contribution in [3.8, 4) is 10.6 Å². The number of thiazole rings is 1. The summed E-state index contributed by atoms with van der Waals surface area (Å²) >= 11 is 7.52. The van der Waals surface area contributed by atoms with Gasteiger partial charge in [-0.25, -0.2) is 4.98 Å². The molecule has 3 heterocycles. The molecule has 9 heteroatoms. The van der Waals surface area contributed by atoms with Gasteiger partial charge in [0, 0.05) is 61.3 Å². The topological polar surface area (TPSA) is 48.5 Å². The van der Waals surface area contributed by atoms with E-state index in [9.17, 15) is 4.79 Å². The molecule has 0 radical (unpaired) electrons. The van der Waals surface area contributed by atoms with E-state index in [0.29, 0.717) is 17.5 Å². The molecule has 1 atom stereocenters. The summed E-state index contributed by atoms with van der Waals surface area (Å²) in [6.45, 7) is 5.99. The van der Waals surface area contributed by atoms with Gasteiger partial charge in [0.1, 0.15) is 5.01 Å². The van der Waals surface area contributed by atoms with Crippen molar-refractivity contribution >= 4 is 53.7 Å². The Bertz CT molecular complexity index is 765. The first-order chi connectivity index (χ1) is 12.7. The van der Waals surface area contributed by atoms with Gasteiger partial charge in [0.2, 0.25) is 5.91 Å². The van der Waals surface area contributed by atoms with Crippen molar-refractivity contribution in [1.29, 1.82) is 0 Å². The van der Waals surface area contributed by atoms with Crippen molar-refractivity contribution in [2.75, 3.05) is 39.3 Å². The van der Waals surface area contributed by atoms with Crippen LogP contribution in [0.5, 0.6) is 0 Å². The fourth-order valence-electron chi connectivity index (χ4n) is 3.69. The average Bonchev–Trinajstić information content (AvgIpc) is 3.33. The lowest BCUT2D eigenvalue weighted by atomic mass is 10.2. The van der Waals surface area contributed by atoms with E-state index in [4.69, 9.17) is 11.6 Å². The molecule has 4 rings (SSSR count). The van der Waals surface area contributed by atoms with Crippen LogP contribution in [0.25, 0.3) is 10.6 Å².